The molecule has 0 saturated heterocycles. The van der Waals surface area contributed by atoms with E-state index >= 15 is 0 Å². The summed E-state index contributed by atoms with van der Waals surface area (Å²) in [4.78, 5) is 14.8. The first-order valence-corrected chi connectivity index (χ1v) is 4.63. The molecule has 0 aliphatic carbocycles. The van der Waals surface area contributed by atoms with Gasteiger partial charge in [-0.1, -0.05) is 12.1 Å². The minimum atomic E-state index is -0.932. The summed E-state index contributed by atoms with van der Waals surface area (Å²) in [5.74, 6) is -1.85. The lowest BCUT2D eigenvalue weighted by Crippen LogP contribution is -2.22. The molecule has 1 heterocycles. The number of halogens is 2. The van der Waals surface area contributed by atoms with Gasteiger partial charge < -0.3 is 0 Å². The van der Waals surface area contributed by atoms with Crippen LogP contribution in [0.5, 0.6) is 0 Å². The topological polar surface area (TPSA) is 34.9 Å². The van der Waals surface area contributed by atoms with Crippen molar-refractivity contribution in [3.63, 3.8) is 0 Å². The third-order valence-electron chi connectivity index (χ3n) is 2.16. The predicted molar refractivity (Wildman–Crippen MR) is 54.0 cm³/mol. The molecule has 1 aromatic heterocycles. The van der Waals surface area contributed by atoms with Crippen LogP contribution in [0.1, 0.15) is 5.56 Å². The number of nitrogens with zero attached hydrogens (tertiary/aromatic N) is 2. The highest BCUT2D eigenvalue weighted by molar-refractivity contribution is 5.19. The maximum atomic E-state index is 13.3. The Balaban J connectivity index is 2.38. The van der Waals surface area contributed by atoms with Crippen molar-refractivity contribution in [1.82, 2.24) is 9.55 Å². The highest BCUT2D eigenvalue weighted by Gasteiger charge is 2.08. The van der Waals surface area contributed by atoms with Crippen molar-refractivity contribution in [1.29, 1.82) is 0 Å². The average molecular weight is 222 g/mol. The maximum absolute atomic E-state index is 13.3. The van der Waals surface area contributed by atoms with Gasteiger partial charge in [0.05, 0.1) is 6.54 Å². The Bertz CT molecular complexity index is 566. The third kappa shape index (κ3) is 1.98. The van der Waals surface area contributed by atoms with Gasteiger partial charge in [0.2, 0.25) is 0 Å². The van der Waals surface area contributed by atoms with Crippen LogP contribution in [0.15, 0.2) is 41.5 Å². The van der Waals surface area contributed by atoms with Gasteiger partial charge >= 0.3 is 5.69 Å². The smallest absolute Gasteiger partial charge is 0.295 e. The van der Waals surface area contributed by atoms with Crippen LogP contribution in [-0.4, -0.2) is 9.55 Å². The van der Waals surface area contributed by atoms with Gasteiger partial charge in [-0.3, -0.25) is 4.57 Å². The zero-order chi connectivity index (χ0) is 11.5. The molecule has 2 rings (SSSR count). The van der Waals surface area contributed by atoms with E-state index in [0.717, 1.165) is 6.07 Å². The first-order chi connectivity index (χ1) is 7.68. The molecule has 0 aliphatic rings. The van der Waals surface area contributed by atoms with E-state index in [4.69, 9.17) is 0 Å². The highest BCUT2D eigenvalue weighted by atomic mass is 19.2. The molecule has 0 bridgehead atoms. The lowest BCUT2D eigenvalue weighted by atomic mass is 10.2. The largest absolute Gasteiger partial charge is 0.347 e. The Kier molecular flexibility index (Phi) is 2.76. The van der Waals surface area contributed by atoms with E-state index in [1.54, 1.807) is 6.07 Å². The second-order valence-corrected chi connectivity index (χ2v) is 3.24. The molecule has 82 valence electrons. The molecule has 0 radical (unpaired) electrons. The van der Waals surface area contributed by atoms with Crippen molar-refractivity contribution < 1.29 is 8.78 Å². The quantitative estimate of drug-likeness (QED) is 0.773. The van der Waals surface area contributed by atoms with Crippen LogP contribution in [0.2, 0.25) is 0 Å². The highest BCUT2D eigenvalue weighted by Crippen LogP contribution is 2.11. The Labute approximate surface area is 90.0 Å². The molecule has 0 aliphatic heterocycles. The minimum absolute atomic E-state index is 0.0315. The zero-order valence-corrected chi connectivity index (χ0v) is 8.23. The summed E-state index contributed by atoms with van der Waals surface area (Å²) in [5, 5.41) is 0. The number of hydrogen-bond acceptors (Lipinski definition) is 2. The van der Waals surface area contributed by atoms with Crippen LogP contribution in [0, 0.1) is 11.6 Å². The fourth-order valence-corrected chi connectivity index (χ4v) is 1.36. The molecule has 0 fully saturated rings. The van der Waals surface area contributed by atoms with Crippen LogP contribution in [0.3, 0.4) is 0 Å². The number of aromatic nitrogens is 2. The molecule has 0 N–H and O–H groups in total. The molecule has 1 aromatic carbocycles. The maximum Gasteiger partial charge on any atom is 0.347 e. The average Bonchev–Trinajstić information content (AvgIpc) is 2.28. The van der Waals surface area contributed by atoms with Crippen LogP contribution in [0.4, 0.5) is 8.78 Å². The van der Waals surface area contributed by atoms with E-state index in [1.807, 2.05) is 0 Å². The molecule has 3 nitrogen and oxygen atoms in total. The summed E-state index contributed by atoms with van der Waals surface area (Å²) in [6.45, 7) is -0.0315. The summed E-state index contributed by atoms with van der Waals surface area (Å²) >= 11 is 0. The summed E-state index contributed by atoms with van der Waals surface area (Å²) in [5.41, 5.74) is -0.374. The lowest BCUT2D eigenvalue weighted by Gasteiger charge is -2.05. The van der Waals surface area contributed by atoms with Crippen molar-refractivity contribution >= 4 is 0 Å². The van der Waals surface area contributed by atoms with Gasteiger partial charge in [-0.15, -0.1) is 0 Å². The predicted octanol–water partition coefficient (Wildman–Crippen LogP) is 1.57. The van der Waals surface area contributed by atoms with E-state index in [-0.39, 0.29) is 12.1 Å². The normalized spacial score (nSPS) is 10.4. The van der Waals surface area contributed by atoms with Gasteiger partial charge in [0, 0.05) is 18.0 Å². The third-order valence-corrected chi connectivity index (χ3v) is 2.16. The summed E-state index contributed by atoms with van der Waals surface area (Å²) < 4.78 is 27.4. The number of benzene rings is 1. The van der Waals surface area contributed by atoms with E-state index < -0.39 is 17.3 Å². The van der Waals surface area contributed by atoms with Gasteiger partial charge in [-0.05, 0) is 12.1 Å². The molecule has 0 saturated carbocycles. The monoisotopic (exact) mass is 222 g/mol. The van der Waals surface area contributed by atoms with Gasteiger partial charge in [-0.25, -0.2) is 18.6 Å². The lowest BCUT2D eigenvalue weighted by molar-refractivity contribution is 0.494. The molecule has 0 amide bonds. The Hall–Kier alpha value is -2.04. The van der Waals surface area contributed by atoms with Gasteiger partial charge in [0.1, 0.15) is 0 Å². The second-order valence-electron chi connectivity index (χ2n) is 3.24. The molecule has 16 heavy (non-hydrogen) atoms. The molecular weight excluding hydrogens is 214 g/mol. The van der Waals surface area contributed by atoms with Crippen molar-refractivity contribution in [2.24, 2.45) is 0 Å². The van der Waals surface area contributed by atoms with Crippen LogP contribution < -0.4 is 5.69 Å². The number of hydrogen-bond donors (Lipinski definition) is 0. The molecule has 0 unspecified atom stereocenters. The first-order valence-electron chi connectivity index (χ1n) is 4.63. The van der Waals surface area contributed by atoms with E-state index in [9.17, 15) is 13.6 Å². The second kappa shape index (κ2) is 4.22. The van der Waals surface area contributed by atoms with Gasteiger partial charge in [-0.2, -0.15) is 0 Å². The Morgan fingerprint density at radius 3 is 2.81 bits per heavy atom. The van der Waals surface area contributed by atoms with E-state index in [1.165, 1.54) is 29.1 Å². The summed E-state index contributed by atoms with van der Waals surface area (Å²) in [6, 6.07) is 5.41. The molecule has 0 atom stereocenters. The Morgan fingerprint density at radius 2 is 2.06 bits per heavy atom. The molecule has 0 spiro atoms. The zero-order valence-electron chi connectivity index (χ0n) is 8.23. The fraction of sp³-hybridized carbons (Fsp3) is 0.0909. The summed E-state index contributed by atoms with van der Waals surface area (Å²) in [7, 11) is 0. The fourth-order valence-electron chi connectivity index (χ4n) is 1.36. The van der Waals surface area contributed by atoms with Gasteiger partial charge in [0.15, 0.2) is 11.6 Å². The standard InChI is InChI=1S/C11H8F2N2O/c12-9-4-1-3-8(10(9)13)7-15-6-2-5-14-11(15)16/h1-6H,7H2. The van der Waals surface area contributed by atoms with E-state index in [2.05, 4.69) is 4.98 Å². The number of rotatable bonds is 2. The Morgan fingerprint density at radius 1 is 1.25 bits per heavy atom. The SMILES string of the molecule is O=c1ncccn1Cc1cccc(F)c1F. The van der Waals surface area contributed by atoms with Crippen molar-refractivity contribution in [2.75, 3.05) is 0 Å². The molecule has 2 aromatic rings. The minimum Gasteiger partial charge on any atom is -0.295 e. The first kappa shape index (κ1) is 10.5. The summed E-state index contributed by atoms with van der Waals surface area (Å²) in [6.07, 6.45) is 2.82. The van der Waals surface area contributed by atoms with Crippen LogP contribution >= 0.6 is 0 Å². The van der Waals surface area contributed by atoms with Gasteiger partial charge in [0.25, 0.3) is 0 Å². The van der Waals surface area contributed by atoms with Crippen molar-refractivity contribution in [3.05, 3.63) is 64.3 Å². The van der Waals surface area contributed by atoms with Crippen LogP contribution in [-0.2, 0) is 6.54 Å². The molecular formula is C11H8F2N2O. The van der Waals surface area contributed by atoms with Crippen molar-refractivity contribution in [2.45, 2.75) is 6.54 Å². The van der Waals surface area contributed by atoms with Crippen molar-refractivity contribution in [3.8, 4) is 0 Å². The van der Waals surface area contributed by atoms with Crippen LogP contribution in [0.25, 0.3) is 0 Å². The molecule has 5 heteroatoms. The van der Waals surface area contributed by atoms with E-state index in [0.29, 0.717) is 0 Å².